The minimum Gasteiger partial charge on any atom is -0.328 e. The van der Waals surface area contributed by atoms with E-state index < -0.39 is 10.0 Å². The Hall–Kier alpha value is -0.140. The van der Waals surface area contributed by atoms with Crippen molar-refractivity contribution in [2.75, 3.05) is 13.1 Å². The van der Waals surface area contributed by atoms with E-state index in [4.69, 9.17) is 17.3 Å². The first-order valence-electron chi connectivity index (χ1n) is 5.92. The van der Waals surface area contributed by atoms with Crippen molar-refractivity contribution in [2.45, 2.75) is 30.0 Å². The van der Waals surface area contributed by atoms with Gasteiger partial charge in [0.25, 0.3) is 10.0 Å². The van der Waals surface area contributed by atoms with Gasteiger partial charge in [-0.1, -0.05) is 11.6 Å². The topological polar surface area (TPSA) is 63.4 Å². The molecule has 7 heteroatoms. The van der Waals surface area contributed by atoms with Crippen molar-refractivity contribution >= 4 is 33.0 Å². The highest BCUT2D eigenvalue weighted by molar-refractivity contribution is 7.91. The molecule has 2 heterocycles. The van der Waals surface area contributed by atoms with Crippen LogP contribution in [0.25, 0.3) is 0 Å². The molecule has 0 spiro atoms. The van der Waals surface area contributed by atoms with Crippen molar-refractivity contribution in [1.82, 2.24) is 4.31 Å². The number of sulfonamides is 1. The molecule has 1 aromatic heterocycles. The van der Waals surface area contributed by atoms with Crippen LogP contribution in [0.2, 0.25) is 4.34 Å². The summed E-state index contributed by atoms with van der Waals surface area (Å²) >= 11 is 6.90. The largest absolute Gasteiger partial charge is 0.328 e. The van der Waals surface area contributed by atoms with Crippen LogP contribution in [0, 0.1) is 5.92 Å². The van der Waals surface area contributed by atoms with E-state index in [0.717, 1.165) is 24.2 Å². The summed E-state index contributed by atoms with van der Waals surface area (Å²) in [4.78, 5) is 0. The number of rotatable bonds is 3. The Morgan fingerprint density at radius 1 is 1.56 bits per heavy atom. The monoisotopic (exact) mass is 308 g/mol. The van der Waals surface area contributed by atoms with Gasteiger partial charge in [-0.05, 0) is 37.8 Å². The van der Waals surface area contributed by atoms with Crippen molar-refractivity contribution in [3.8, 4) is 0 Å². The number of hydrogen-bond donors (Lipinski definition) is 1. The van der Waals surface area contributed by atoms with Crippen LogP contribution in [-0.4, -0.2) is 31.9 Å². The van der Waals surface area contributed by atoms with Gasteiger partial charge in [0.05, 0.1) is 4.34 Å². The van der Waals surface area contributed by atoms with Crippen LogP contribution in [0.1, 0.15) is 19.8 Å². The summed E-state index contributed by atoms with van der Waals surface area (Å²) in [6.45, 7) is 3.01. The van der Waals surface area contributed by atoms with E-state index in [1.165, 1.54) is 4.31 Å². The zero-order valence-electron chi connectivity index (χ0n) is 10.2. The van der Waals surface area contributed by atoms with Gasteiger partial charge in [-0.2, -0.15) is 4.31 Å². The quantitative estimate of drug-likeness (QED) is 0.930. The van der Waals surface area contributed by atoms with Gasteiger partial charge >= 0.3 is 0 Å². The molecule has 18 heavy (non-hydrogen) atoms. The van der Waals surface area contributed by atoms with Crippen LogP contribution in [-0.2, 0) is 10.0 Å². The number of hydrogen-bond acceptors (Lipinski definition) is 4. The Balaban J connectivity index is 2.20. The van der Waals surface area contributed by atoms with Crippen LogP contribution in [0.4, 0.5) is 0 Å². The Kier molecular flexibility index (Phi) is 4.33. The lowest BCUT2D eigenvalue weighted by Crippen LogP contribution is -2.44. The van der Waals surface area contributed by atoms with E-state index in [-0.39, 0.29) is 12.0 Å². The Morgan fingerprint density at radius 2 is 2.28 bits per heavy atom. The predicted molar refractivity (Wildman–Crippen MR) is 74.5 cm³/mol. The first-order valence-corrected chi connectivity index (χ1v) is 8.56. The van der Waals surface area contributed by atoms with E-state index in [2.05, 4.69) is 0 Å². The normalized spacial score (nSPS) is 24.1. The molecule has 0 amide bonds. The number of nitrogens with zero attached hydrogens (tertiary/aromatic N) is 1. The van der Waals surface area contributed by atoms with Crippen LogP contribution in [0.5, 0.6) is 0 Å². The fraction of sp³-hybridized carbons (Fsp3) is 0.636. The lowest BCUT2D eigenvalue weighted by molar-refractivity contribution is 0.243. The molecule has 0 radical (unpaired) electrons. The first kappa shape index (κ1) is 14.3. The summed E-state index contributed by atoms with van der Waals surface area (Å²) in [5.41, 5.74) is 5.88. The third-order valence-electron chi connectivity index (χ3n) is 3.31. The summed E-state index contributed by atoms with van der Waals surface area (Å²) in [5, 5.41) is 0. The molecule has 0 aromatic carbocycles. The maximum absolute atomic E-state index is 12.4. The minimum atomic E-state index is -3.40. The van der Waals surface area contributed by atoms with Crippen LogP contribution >= 0.6 is 22.9 Å². The third kappa shape index (κ3) is 2.88. The summed E-state index contributed by atoms with van der Waals surface area (Å²) in [7, 11) is -3.40. The summed E-state index contributed by atoms with van der Waals surface area (Å²) in [5.74, 6) is 0.240. The van der Waals surface area contributed by atoms with Crippen LogP contribution in [0.15, 0.2) is 16.3 Å². The number of thiophene rings is 1. The highest BCUT2D eigenvalue weighted by Crippen LogP contribution is 2.30. The summed E-state index contributed by atoms with van der Waals surface area (Å²) in [6.07, 6.45) is 1.86. The Bertz CT molecular complexity index is 513. The van der Waals surface area contributed by atoms with Crippen molar-refractivity contribution in [3.05, 3.63) is 16.5 Å². The van der Waals surface area contributed by atoms with Gasteiger partial charge in [-0.15, -0.1) is 11.3 Å². The lowest BCUT2D eigenvalue weighted by atomic mass is 9.93. The maximum atomic E-state index is 12.4. The van der Waals surface area contributed by atoms with Crippen molar-refractivity contribution in [2.24, 2.45) is 11.7 Å². The number of halogens is 1. The highest BCUT2D eigenvalue weighted by atomic mass is 35.5. The van der Waals surface area contributed by atoms with Crippen molar-refractivity contribution in [1.29, 1.82) is 0 Å². The molecule has 1 saturated heterocycles. The Morgan fingerprint density at radius 3 is 2.83 bits per heavy atom. The number of piperidine rings is 1. The van der Waals surface area contributed by atoms with Gasteiger partial charge in [0.1, 0.15) is 4.21 Å². The van der Waals surface area contributed by atoms with Gasteiger partial charge in [-0.3, -0.25) is 0 Å². The van der Waals surface area contributed by atoms with E-state index in [1.54, 1.807) is 12.1 Å². The number of nitrogens with two attached hydrogens (primary N) is 1. The second-order valence-corrected chi connectivity index (χ2v) is 8.56. The average molecular weight is 309 g/mol. The smallest absolute Gasteiger partial charge is 0.252 e. The van der Waals surface area contributed by atoms with Gasteiger partial charge in [-0.25, -0.2) is 8.42 Å². The molecule has 102 valence electrons. The Labute approximate surface area is 117 Å². The van der Waals surface area contributed by atoms with Crippen LogP contribution < -0.4 is 5.73 Å². The van der Waals surface area contributed by atoms with E-state index in [1.807, 2.05) is 6.92 Å². The maximum Gasteiger partial charge on any atom is 0.252 e. The molecule has 0 aliphatic carbocycles. The second-order valence-electron chi connectivity index (χ2n) is 4.68. The molecule has 1 aliphatic rings. The highest BCUT2D eigenvalue weighted by Gasteiger charge is 2.32. The molecule has 0 saturated carbocycles. The molecule has 2 atom stereocenters. The average Bonchev–Trinajstić information content (AvgIpc) is 2.77. The lowest BCUT2D eigenvalue weighted by Gasteiger charge is -2.33. The molecule has 2 N–H and O–H groups in total. The van der Waals surface area contributed by atoms with E-state index in [0.29, 0.717) is 21.6 Å². The summed E-state index contributed by atoms with van der Waals surface area (Å²) < 4.78 is 27.2. The van der Waals surface area contributed by atoms with E-state index in [9.17, 15) is 8.42 Å². The van der Waals surface area contributed by atoms with E-state index >= 15 is 0 Å². The molecule has 2 rings (SSSR count). The molecular weight excluding hydrogens is 292 g/mol. The minimum absolute atomic E-state index is 0.0231. The molecule has 2 unspecified atom stereocenters. The van der Waals surface area contributed by atoms with Gasteiger partial charge in [0.2, 0.25) is 0 Å². The molecule has 4 nitrogen and oxygen atoms in total. The molecule has 0 bridgehead atoms. The van der Waals surface area contributed by atoms with Gasteiger partial charge < -0.3 is 5.73 Å². The zero-order chi connectivity index (χ0) is 13.3. The fourth-order valence-corrected chi connectivity index (χ4v) is 5.36. The first-order chi connectivity index (χ1) is 8.41. The molecule has 1 aliphatic heterocycles. The molecule has 1 aromatic rings. The molecular formula is C11H17ClN2O2S2. The molecule has 1 fully saturated rings. The van der Waals surface area contributed by atoms with Crippen LogP contribution in [0.3, 0.4) is 0 Å². The SMILES string of the molecule is CC(N)C1CCCN(S(=O)(=O)c2ccc(Cl)s2)C1. The summed E-state index contributed by atoms with van der Waals surface area (Å²) in [6, 6.07) is 3.21. The second kappa shape index (κ2) is 5.46. The van der Waals surface area contributed by atoms with Gasteiger partial charge in [0, 0.05) is 19.1 Å². The van der Waals surface area contributed by atoms with Crippen molar-refractivity contribution in [3.63, 3.8) is 0 Å². The van der Waals surface area contributed by atoms with Gasteiger partial charge in [0.15, 0.2) is 0 Å². The standard InChI is InChI=1S/C11H17ClN2O2S2/c1-8(13)9-3-2-6-14(7-9)18(15,16)11-5-4-10(12)17-11/h4-5,8-9H,2-3,6-7,13H2,1H3. The zero-order valence-corrected chi connectivity index (χ0v) is 12.6. The van der Waals surface area contributed by atoms with Crippen molar-refractivity contribution < 1.29 is 8.42 Å². The third-order valence-corrected chi connectivity index (χ3v) is 6.87. The fourth-order valence-electron chi connectivity index (χ4n) is 2.19. The predicted octanol–water partition coefficient (Wildman–Crippen LogP) is 2.15.